The first kappa shape index (κ1) is 17.3. The van der Waals surface area contributed by atoms with Gasteiger partial charge in [0.15, 0.2) is 0 Å². The number of rotatable bonds is 6. The first-order valence-electron chi connectivity index (χ1n) is 7.29. The van der Waals surface area contributed by atoms with Crippen LogP contribution in [0.3, 0.4) is 0 Å². The van der Waals surface area contributed by atoms with Crippen molar-refractivity contribution in [1.82, 2.24) is 18.8 Å². The van der Waals surface area contributed by atoms with E-state index in [-0.39, 0.29) is 11.7 Å². The molecule has 1 saturated heterocycles. The molecule has 2 heterocycles. The number of hydrogen-bond donors (Lipinski definition) is 0. The summed E-state index contributed by atoms with van der Waals surface area (Å²) in [6, 6.07) is 0. The van der Waals surface area contributed by atoms with Gasteiger partial charge >= 0.3 is 6.55 Å². The second kappa shape index (κ2) is 7.01. The van der Waals surface area contributed by atoms with Gasteiger partial charge in [-0.1, -0.05) is 13.8 Å². The molecule has 9 heteroatoms. The van der Waals surface area contributed by atoms with Crippen molar-refractivity contribution >= 4 is 10.0 Å². The third kappa shape index (κ3) is 4.23. The molecule has 0 unspecified atom stereocenters. The molecule has 0 amide bonds. The largest absolute Gasteiger partial charge is 0.319 e. The minimum atomic E-state index is -3.22. The van der Waals surface area contributed by atoms with Gasteiger partial charge in [-0.3, -0.25) is 9.47 Å². The van der Waals surface area contributed by atoms with E-state index in [9.17, 15) is 17.2 Å². The van der Waals surface area contributed by atoms with Crippen LogP contribution in [0, 0.1) is 5.92 Å². The fourth-order valence-corrected chi connectivity index (χ4v) is 4.31. The Morgan fingerprint density at radius 2 is 1.86 bits per heavy atom. The summed E-state index contributed by atoms with van der Waals surface area (Å²) in [5.74, 6) is 0.526. The molecule has 2 rings (SSSR count). The maximum atomic E-state index is 12.8. The van der Waals surface area contributed by atoms with Crippen LogP contribution >= 0.6 is 0 Å². The second-order valence-electron chi connectivity index (χ2n) is 5.88. The highest BCUT2D eigenvalue weighted by molar-refractivity contribution is 7.89. The lowest BCUT2D eigenvalue weighted by Crippen LogP contribution is -2.49. The van der Waals surface area contributed by atoms with E-state index < -0.39 is 16.6 Å². The Morgan fingerprint density at radius 3 is 2.41 bits per heavy atom. The van der Waals surface area contributed by atoms with Gasteiger partial charge < -0.3 is 0 Å². The van der Waals surface area contributed by atoms with E-state index in [0.29, 0.717) is 38.5 Å². The predicted octanol–water partition coefficient (Wildman–Crippen LogP) is 1.38. The second-order valence-corrected chi connectivity index (χ2v) is 7.89. The third-order valence-corrected chi connectivity index (χ3v) is 5.83. The van der Waals surface area contributed by atoms with Gasteiger partial charge in [-0.05, 0) is 5.92 Å². The highest BCUT2D eigenvalue weighted by Gasteiger charge is 2.28. The monoisotopic (exact) mass is 336 g/mol. The summed E-state index contributed by atoms with van der Waals surface area (Å²) in [4.78, 5) is 5.90. The molecule has 0 aromatic carbocycles. The maximum Gasteiger partial charge on any atom is 0.319 e. The SMILES string of the molecule is CC(C)CS(=O)(=O)N1CCN(Cc2nccn2C(F)F)CC1. The standard InChI is InChI=1S/C13H22F2N4O2S/c1-11(2)10-22(20,21)18-7-5-17(6-8-18)9-12-16-3-4-19(12)13(14)15/h3-4,11,13H,5-10H2,1-2H3. The van der Waals surface area contributed by atoms with Crippen LogP contribution in [-0.4, -0.2) is 59.1 Å². The maximum absolute atomic E-state index is 12.8. The predicted molar refractivity (Wildman–Crippen MR) is 79.0 cm³/mol. The summed E-state index contributed by atoms with van der Waals surface area (Å²) in [6.07, 6.45) is 2.61. The van der Waals surface area contributed by atoms with Crippen molar-refractivity contribution in [2.75, 3.05) is 31.9 Å². The van der Waals surface area contributed by atoms with Gasteiger partial charge in [0.2, 0.25) is 10.0 Å². The normalized spacial score (nSPS) is 18.5. The Labute approximate surface area is 129 Å². The summed E-state index contributed by atoms with van der Waals surface area (Å²) in [5, 5.41) is 0. The average molecular weight is 336 g/mol. The van der Waals surface area contributed by atoms with Crippen LogP contribution in [0.5, 0.6) is 0 Å². The molecule has 0 N–H and O–H groups in total. The Bertz CT molecular complexity index is 581. The molecule has 0 aliphatic carbocycles. The first-order chi connectivity index (χ1) is 10.3. The van der Waals surface area contributed by atoms with Gasteiger partial charge in [0, 0.05) is 38.6 Å². The lowest BCUT2D eigenvalue weighted by Gasteiger charge is -2.34. The van der Waals surface area contributed by atoms with Crippen molar-refractivity contribution in [3.05, 3.63) is 18.2 Å². The number of piperazine rings is 1. The summed E-state index contributed by atoms with van der Waals surface area (Å²) in [6.45, 7) is 3.27. The lowest BCUT2D eigenvalue weighted by atomic mass is 10.3. The van der Waals surface area contributed by atoms with E-state index in [2.05, 4.69) is 4.98 Å². The third-order valence-electron chi connectivity index (χ3n) is 3.59. The van der Waals surface area contributed by atoms with Crippen molar-refractivity contribution in [1.29, 1.82) is 0 Å². The fourth-order valence-electron chi connectivity index (χ4n) is 2.54. The quantitative estimate of drug-likeness (QED) is 0.787. The number of alkyl halides is 2. The van der Waals surface area contributed by atoms with E-state index in [1.54, 1.807) is 0 Å². The van der Waals surface area contributed by atoms with Gasteiger partial charge in [0.05, 0.1) is 12.3 Å². The molecule has 1 aliphatic heterocycles. The van der Waals surface area contributed by atoms with Crippen LogP contribution in [0.4, 0.5) is 8.78 Å². The minimum absolute atomic E-state index is 0.0848. The summed E-state index contributed by atoms with van der Waals surface area (Å²) < 4.78 is 52.2. The number of sulfonamides is 1. The minimum Gasteiger partial charge on any atom is -0.293 e. The Morgan fingerprint density at radius 1 is 1.23 bits per heavy atom. The molecule has 1 fully saturated rings. The number of hydrogen-bond acceptors (Lipinski definition) is 4. The van der Waals surface area contributed by atoms with Crippen molar-refractivity contribution in [2.24, 2.45) is 5.92 Å². The van der Waals surface area contributed by atoms with Crippen LogP contribution in [-0.2, 0) is 16.6 Å². The highest BCUT2D eigenvalue weighted by Crippen LogP contribution is 2.16. The van der Waals surface area contributed by atoms with Crippen molar-refractivity contribution in [3.63, 3.8) is 0 Å². The van der Waals surface area contributed by atoms with Crippen molar-refractivity contribution in [2.45, 2.75) is 26.9 Å². The molecule has 22 heavy (non-hydrogen) atoms. The zero-order valence-corrected chi connectivity index (χ0v) is 13.6. The topological polar surface area (TPSA) is 58.4 Å². The van der Waals surface area contributed by atoms with Crippen molar-refractivity contribution < 1.29 is 17.2 Å². The van der Waals surface area contributed by atoms with Gasteiger partial charge in [-0.25, -0.2) is 13.4 Å². The molecule has 0 bridgehead atoms. The molecule has 0 saturated carbocycles. The van der Waals surface area contributed by atoms with E-state index in [1.807, 2.05) is 18.7 Å². The van der Waals surface area contributed by atoms with Gasteiger partial charge in [0.25, 0.3) is 0 Å². The van der Waals surface area contributed by atoms with Crippen molar-refractivity contribution in [3.8, 4) is 0 Å². The van der Waals surface area contributed by atoms with E-state index in [4.69, 9.17) is 0 Å². The Hall–Kier alpha value is -1.06. The van der Waals surface area contributed by atoms with E-state index in [0.717, 1.165) is 4.57 Å². The number of imidazole rings is 1. The highest BCUT2D eigenvalue weighted by atomic mass is 32.2. The van der Waals surface area contributed by atoms with E-state index in [1.165, 1.54) is 16.7 Å². The first-order valence-corrected chi connectivity index (χ1v) is 8.90. The van der Waals surface area contributed by atoms with Crippen LogP contribution in [0.25, 0.3) is 0 Å². The van der Waals surface area contributed by atoms with Gasteiger partial charge in [0.1, 0.15) is 5.82 Å². The van der Waals surface area contributed by atoms with Crippen LogP contribution in [0.1, 0.15) is 26.2 Å². The zero-order chi connectivity index (χ0) is 16.3. The molecule has 0 radical (unpaired) electrons. The molecule has 0 spiro atoms. The Kier molecular flexibility index (Phi) is 5.51. The van der Waals surface area contributed by atoms with Crippen LogP contribution in [0.2, 0.25) is 0 Å². The summed E-state index contributed by atoms with van der Waals surface area (Å²) >= 11 is 0. The summed E-state index contributed by atoms with van der Waals surface area (Å²) in [5.41, 5.74) is 0. The number of aromatic nitrogens is 2. The van der Waals surface area contributed by atoms with Crippen LogP contribution < -0.4 is 0 Å². The van der Waals surface area contributed by atoms with E-state index >= 15 is 0 Å². The average Bonchev–Trinajstić information content (AvgIpc) is 2.86. The summed E-state index contributed by atoms with van der Waals surface area (Å²) in [7, 11) is -3.22. The number of nitrogens with zero attached hydrogens (tertiary/aromatic N) is 4. The Balaban J connectivity index is 1.91. The number of halogens is 2. The zero-order valence-electron chi connectivity index (χ0n) is 12.8. The fraction of sp³-hybridized carbons (Fsp3) is 0.769. The van der Waals surface area contributed by atoms with Gasteiger partial charge in [-0.2, -0.15) is 13.1 Å². The molecule has 1 aromatic rings. The van der Waals surface area contributed by atoms with Crippen LogP contribution in [0.15, 0.2) is 12.4 Å². The molecule has 1 aromatic heterocycles. The smallest absolute Gasteiger partial charge is 0.293 e. The molecule has 0 atom stereocenters. The molecular weight excluding hydrogens is 314 g/mol. The lowest BCUT2D eigenvalue weighted by molar-refractivity contribution is 0.0626. The molecule has 6 nitrogen and oxygen atoms in total. The molecule has 1 aliphatic rings. The van der Waals surface area contributed by atoms with Gasteiger partial charge in [-0.15, -0.1) is 0 Å². The molecular formula is C13H22F2N4O2S. The molecule has 126 valence electrons.